The third-order valence-corrected chi connectivity index (χ3v) is 2.31. The minimum absolute atomic E-state index is 0.00690. The van der Waals surface area contributed by atoms with Crippen LogP contribution in [-0.2, 0) is 0 Å². The van der Waals surface area contributed by atoms with Crippen molar-refractivity contribution in [2.75, 3.05) is 0 Å². The number of primary amides is 1. The summed E-state index contributed by atoms with van der Waals surface area (Å²) in [5.41, 5.74) is 5.88. The Hall–Kier alpha value is -1.88. The van der Waals surface area contributed by atoms with Crippen LogP contribution in [0.25, 0.3) is 5.69 Å². The van der Waals surface area contributed by atoms with Crippen LogP contribution in [0.2, 0.25) is 5.02 Å². The number of amides is 1. The van der Waals surface area contributed by atoms with Gasteiger partial charge in [-0.15, -0.1) is 5.10 Å². The van der Waals surface area contributed by atoms with E-state index < -0.39 is 5.91 Å². The highest BCUT2D eigenvalue weighted by Crippen LogP contribution is 2.13. The van der Waals surface area contributed by atoms with Gasteiger partial charge in [0.05, 0.1) is 5.69 Å². The van der Waals surface area contributed by atoms with Gasteiger partial charge in [0.25, 0.3) is 5.91 Å². The second-order valence-electron chi connectivity index (χ2n) is 3.24. The zero-order chi connectivity index (χ0) is 11.7. The average Bonchev–Trinajstić information content (AvgIpc) is 2.62. The molecule has 0 aliphatic heterocycles. The van der Waals surface area contributed by atoms with Crippen LogP contribution in [0.4, 0.5) is 0 Å². The Morgan fingerprint density at radius 2 is 2.00 bits per heavy atom. The Kier molecular flexibility index (Phi) is 2.62. The number of halogens is 1. The third-order valence-electron chi connectivity index (χ3n) is 2.06. The number of nitrogens with zero attached hydrogens (tertiary/aromatic N) is 3. The molecular formula is C10H9ClN4O. The first-order valence-electron chi connectivity index (χ1n) is 4.57. The molecule has 82 valence electrons. The summed E-state index contributed by atoms with van der Waals surface area (Å²) >= 11 is 5.78. The zero-order valence-electron chi connectivity index (χ0n) is 8.51. The summed E-state index contributed by atoms with van der Waals surface area (Å²) in [6.07, 6.45) is 0. The molecule has 0 radical (unpaired) electrons. The summed E-state index contributed by atoms with van der Waals surface area (Å²) in [5, 5.41) is 4.63. The molecule has 0 fully saturated rings. The highest BCUT2D eigenvalue weighted by molar-refractivity contribution is 6.30. The number of benzene rings is 1. The Morgan fingerprint density at radius 3 is 2.50 bits per heavy atom. The van der Waals surface area contributed by atoms with Gasteiger partial charge in [-0.1, -0.05) is 11.6 Å². The average molecular weight is 237 g/mol. The number of nitrogens with two attached hydrogens (primary N) is 1. The number of carbonyl (C=O) groups is 1. The van der Waals surface area contributed by atoms with Crippen molar-refractivity contribution in [2.45, 2.75) is 6.92 Å². The predicted molar refractivity (Wildman–Crippen MR) is 59.6 cm³/mol. The molecule has 6 heteroatoms. The monoisotopic (exact) mass is 236 g/mol. The lowest BCUT2D eigenvalue weighted by atomic mass is 10.3. The van der Waals surface area contributed by atoms with Crippen molar-refractivity contribution in [3.8, 4) is 5.69 Å². The SMILES string of the molecule is Cc1nc(C(N)=O)nn1-c1ccc(Cl)cc1. The van der Waals surface area contributed by atoms with Crippen LogP contribution < -0.4 is 5.73 Å². The third kappa shape index (κ3) is 1.90. The van der Waals surface area contributed by atoms with E-state index in [1.807, 2.05) is 0 Å². The van der Waals surface area contributed by atoms with E-state index in [1.54, 1.807) is 31.2 Å². The van der Waals surface area contributed by atoms with Gasteiger partial charge in [-0.2, -0.15) is 0 Å². The molecule has 0 saturated heterocycles. The molecule has 1 aromatic carbocycles. The quantitative estimate of drug-likeness (QED) is 0.855. The van der Waals surface area contributed by atoms with Gasteiger partial charge in [0.15, 0.2) is 0 Å². The Morgan fingerprint density at radius 1 is 1.38 bits per heavy atom. The molecule has 1 aromatic heterocycles. The van der Waals surface area contributed by atoms with Crippen molar-refractivity contribution in [3.05, 3.63) is 40.9 Å². The fraction of sp³-hybridized carbons (Fsp3) is 0.100. The molecule has 1 heterocycles. The lowest BCUT2D eigenvalue weighted by Gasteiger charge is -2.01. The van der Waals surface area contributed by atoms with Crippen molar-refractivity contribution in [3.63, 3.8) is 0 Å². The minimum atomic E-state index is -0.643. The first kappa shape index (κ1) is 10.6. The summed E-state index contributed by atoms with van der Waals surface area (Å²) < 4.78 is 1.54. The highest BCUT2D eigenvalue weighted by atomic mass is 35.5. The van der Waals surface area contributed by atoms with E-state index in [1.165, 1.54) is 4.68 Å². The molecule has 0 spiro atoms. The van der Waals surface area contributed by atoms with E-state index in [-0.39, 0.29) is 5.82 Å². The molecule has 0 aliphatic rings. The van der Waals surface area contributed by atoms with E-state index >= 15 is 0 Å². The predicted octanol–water partition coefficient (Wildman–Crippen LogP) is 1.33. The number of rotatable bonds is 2. The van der Waals surface area contributed by atoms with Gasteiger partial charge in [-0.25, -0.2) is 9.67 Å². The van der Waals surface area contributed by atoms with Crippen molar-refractivity contribution >= 4 is 17.5 Å². The zero-order valence-corrected chi connectivity index (χ0v) is 9.27. The first-order valence-corrected chi connectivity index (χ1v) is 4.95. The largest absolute Gasteiger partial charge is 0.363 e. The standard InChI is InChI=1S/C10H9ClN4O/c1-6-13-10(9(12)16)14-15(6)8-4-2-7(11)3-5-8/h2-5H,1H3,(H2,12,16). The number of aryl methyl sites for hydroxylation is 1. The molecule has 0 saturated carbocycles. The van der Waals surface area contributed by atoms with Crippen molar-refractivity contribution in [2.24, 2.45) is 5.73 Å². The van der Waals surface area contributed by atoms with Crippen molar-refractivity contribution in [1.82, 2.24) is 14.8 Å². The summed E-state index contributed by atoms with van der Waals surface area (Å²) in [5.74, 6) is -0.0422. The summed E-state index contributed by atoms with van der Waals surface area (Å²) in [4.78, 5) is 14.9. The van der Waals surface area contributed by atoms with Gasteiger partial charge in [-0.05, 0) is 31.2 Å². The lowest BCUT2D eigenvalue weighted by Crippen LogP contribution is -2.13. The van der Waals surface area contributed by atoms with Gasteiger partial charge in [0.2, 0.25) is 5.82 Å². The van der Waals surface area contributed by atoms with Crippen LogP contribution >= 0.6 is 11.6 Å². The molecule has 16 heavy (non-hydrogen) atoms. The smallest absolute Gasteiger partial charge is 0.288 e. The van der Waals surface area contributed by atoms with Crippen LogP contribution in [0, 0.1) is 6.92 Å². The fourth-order valence-corrected chi connectivity index (χ4v) is 1.45. The second-order valence-corrected chi connectivity index (χ2v) is 3.67. The molecular weight excluding hydrogens is 228 g/mol. The van der Waals surface area contributed by atoms with E-state index in [4.69, 9.17) is 17.3 Å². The van der Waals surface area contributed by atoms with Crippen LogP contribution in [0.5, 0.6) is 0 Å². The van der Waals surface area contributed by atoms with Crippen LogP contribution in [-0.4, -0.2) is 20.7 Å². The number of hydrogen-bond donors (Lipinski definition) is 1. The minimum Gasteiger partial charge on any atom is -0.363 e. The maximum absolute atomic E-state index is 10.9. The van der Waals surface area contributed by atoms with Crippen LogP contribution in [0.1, 0.15) is 16.4 Å². The molecule has 1 amide bonds. The van der Waals surface area contributed by atoms with Crippen LogP contribution in [0.15, 0.2) is 24.3 Å². The van der Waals surface area contributed by atoms with Crippen molar-refractivity contribution < 1.29 is 4.79 Å². The number of hydrogen-bond acceptors (Lipinski definition) is 3. The highest BCUT2D eigenvalue weighted by Gasteiger charge is 2.11. The van der Waals surface area contributed by atoms with E-state index in [0.717, 1.165) is 5.69 Å². The second kappa shape index (κ2) is 3.94. The van der Waals surface area contributed by atoms with Crippen LogP contribution in [0.3, 0.4) is 0 Å². The lowest BCUT2D eigenvalue weighted by molar-refractivity contribution is 0.0990. The molecule has 0 bridgehead atoms. The Balaban J connectivity index is 2.47. The first-order chi connectivity index (χ1) is 7.58. The number of aromatic nitrogens is 3. The molecule has 2 aromatic rings. The molecule has 5 nitrogen and oxygen atoms in total. The maximum atomic E-state index is 10.9. The topological polar surface area (TPSA) is 73.8 Å². The molecule has 0 unspecified atom stereocenters. The Labute approximate surface area is 96.8 Å². The summed E-state index contributed by atoms with van der Waals surface area (Å²) in [7, 11) is 0. The molecule has 0 aliphatic carbocycles. The number of carbonyl (C=O) groups excluding carboxylic acids is 1. The molecule has 2 N–H and O–H groups in total. The fourth-order valence-electron chi connectivity index (χ4n) is 1.32. The van der Waals surface area contributed by atoms with Gasteiger partial charge in [0.1, 0.15) is 5.82 Å². The van der Waals surface area contributed by atoms with Gasteiger partial charge < -0.3 is 5.73 Å². The van der Waals surface area contributed by atoms with Crippen molar-refractivity contribution in [1.29, 1.82) is 0 Å². The van der Waals surface area contributed by atoms with Gasteiger partial charge in [-0.3, -0.25) is 4.79 Å². The van der Waals surface area contributed by atoms with E-state index in [2.05, 4.69) is 10.1 Å². The molecule has 0 atom stereocenters. The summed E-state index contributed by atoms with van der Waals surface area (Å²) in [6.45, 7) is 1.74. The normalized spacial score (nSPS) is 10.4. The van der Waals surface area contributed by atoms with Gasteiger partial charge in [0, 0.05) is 5.02 Å². The van der Waals surface area contributed by atoms with Gasteiger partial charge >= 0.3 is 0 Å². The molecule has 2 rings (SSSR count). The maximum Gasteiger partial charge on any atom is 0.288 e. The summed E-state index contributed by atoms with van der Waals surface area (Å²) in [6, 6.07) is 7.05. The Bertz CT molecular complexity index is 532. The van der Waals surface area contributed by atoms with E-state index in [0.29, 0.717) is 10.8 Å². The van der Waals surface area contributed by atoms with E-state index in [9.17, 15) is 4.79 Å².